The molecule has 25 heavy (non-hydrogen) atoms. The highest BCUT2D eigenvalue weighted by molar-refractivity contribution is 6.06. The van der Waals surface area contributed by atoms with E-state index >= 15 is 0 Å². The van der Waals surface area contributed by atoms with Gasteiger partial charge in [0.05, 0.1) is 5.69 Å². The molecule has 122 valence electrons. The number of nitrogens with one attached hydrogen (secondary N) is 2. The second kappa shape index (κ2) is 6.17. The minimum atomic E-state index is -0.219. The predicted molar refractivity (Wildman–Crippen MR) is 99.8 cm³/mol. The number of phenolic OH excluding ortho intramolecular Hbond substituents is 1. The monoisotopic (exact) mass is 328 g/mol. The van der Waals surface area contributed by atoms with Crippen molar-refractivity contribution in [3.05, 3.63) is 84.4 Å². The van der Waals surface area contributed by atoms with E-state index in [2.05, 4.69) is 16.4 Å². The van der Waals surface area contributed by atoms with Gasteiger partial charge in [-0.25, -0.2) is 0 Å². The van der Waals surface area contributed by atoms with Gasteiger partial charge < -0.3 is 15.4 Å². The maximum Gasteiger partial charge on any atom is 0.255 e. The molecule has 3 N–H and O–H groups in total. The van der Waals surface area contributed by atoms with E-state index < -0.39 is 0 Å². The first-order valence-electron chi connectivity index (χ1n) is 7.98. The van der Waals surface area contributed by atoms with Crippen LogP contribution in [0.1, 0.15) is 10.4 Å². The first-order valence-corrected chi connectivity index (χ1v) is 7.98. The fourth-order valence-electron chi connectivity index (χ4n) is 2.85. The van der Waals surface area contributed by atoms with Crippen LogP contribution in [0.2, 0.25) is 0 Å². The summed E-state index contributed by atoms with van der Waals surface area (Å²) >= 11 is 0. The van der Waals surface area contributed by atoms with Crippen molar-refractivity contribution in [1.82, 2.24) is 4.98 Å². The number of carbonyl (C=O) groups excluding carboxylic acids is 1. The number of aromatic amines is 1. The third-order valence-corrected chi connectivity index (χ3v) is 4.12. The van der Waals surface area contributed by atoms with E-state index in [0.717, 1.165) is 27.8 Å². The summed E-state index contributed by atoms with van der Waals surface area (Å²) in [6.45, 7) is 0. The molecule has 0 atom stereocenters. The van der Waals surface area contributed by atoms with E-state index in [1.807, 2.05) is 48.5 Å². The van der Waals surface area contributed by atoms with E-state index in [-0.39, 0.29) is 11.7 Å². The van der Waals surface area contributed by atoms with Crippen molar-refractivity contribution in [2.75, 3.05) is 5.32 Å². The quantitative estimate of drug-likeness (QED) is 0.506. The molecule has 0 bridgehead atoms. The molecule has 0 radical (unpaired) electrons. The minimum Gasteiger partial charge on any atom is -0.508 e. The Bertz CT molecular complexity index is 1020. The van der Waals surface area contributed by atoms with Crippen LogP contribution in [0.3, 0.4) is 0 Å². The third kappa shape index (κ3) is 2.97. The van der Waals surface area contributed by atoms with Gasteiger partial charge in [0.15, 0.2) is 0 Å². The number of fused-ring (bicyclic) bond motifs is 1. The third-order valence-electron chi connectivity index (χ3n) is 4.12. The van der Waals surface area contributed by atoms with Crippen LogP contribution in [-0.2, 0) is 0 Å². The van der Waals surface area contributed by atoms with Gasteiger partial charge in [-0.2, -0.15) is 0 Å². The maximum absolute atomic E-state index is 12.5. The van der Waals surface area contributed by atoms with E-state index in [9.17, 15) is 9.90 Å². The number of rotatable bonds is 3. The van der Waals surface area contributed by atoms with Crippen molar-refractivity contribution in [1.29, 1.82) is 0 Å². The topological polar surface area (TPSA) is 65.1 Å². The van der Waals surface area contributed by atoms with Gasteiger partial charge in [-0.3, -0.25) is 4.79 Å². The van der Waals surface area contributed by atoms with Crippen molar-refractivity contribution in [3.8, 4) is 17.0 Å². The van der Waals surface area contributed by atoms with E-state index in [1.165, 1.54) is 12.1 Å². The van der Waals surface area contributed by atoms with E-state index in [0.29, 0.717) is 5.56 Å². The zero-order valence-electron chi connectivity index (χ0n) is 13.4. The molecular formula is C21H16N2O2. The van der Waals surface area contributed by atoms with Gasteiger partial charge in [0.25, 0.3) is 5.91 Å². The van der Waals surface area contributed by atoms with Crippen LogP contribution in [0.25, 0.3) is 22.2 Å². The highest BCUT2D eigenvalue weighted by Crippen LogP contribution is 2.30. The van der Waals surface area contributed by atoms with Crippen LogP contribution in [0.4, 0.5) is 5.69 Å². The second-order valence-corrected chi connectivity index (χ2v) is 5.82. The Morgan fingerprint density at radius 2 is 1.60 bits per heavy atom. The molecule has 4 nitrogen and oxygen atoms in total. The number of aromatic hydroxyl groups is 1. The summed E-state index contributed by atoms with van der Waals surface area (Å²) in [7, 11) is 0. The number of carbonyl (C=O) groups is 1. The number of aromatic nitrogens is 1. The van der Waals surface area contributed by atoms with Crippen molar-refractivity contribution in [2.24, 2.45) is 0 Å². The van der Waals surface area contributed by atoms with Gasteiger partial charge in [-0.15, -0.1) is 0 Å². The van der Waals surface area contributed by atoms with Crippen molar-refractivity contribution < 1.29 is 9.90 Å². The lowest BCUT2D eigenvalue weighted by Crippen LogP contribution is -2.12. The molecule has 0 fully saturated rings. The van der Waals surface area contributed by atoms with Gasteiger partial charge in [-0.1, -0.05) is 36.4 Å². The number of H-pyrrole nitrogens is 1. The number of hydrogen-bond acceptors (Lipinski definition) is 2. The molecule has 0 saturated heterocycles. The Morgan fingerprint density at radius 1 is 0.880 bits per heavy atom. The molecule has 1 heterocycles. The average molecular weight is 328 g/mol. The molecule has 1 aromatic heterocycles. The number of benzene rings is 3. The van der Waals surface area contributed by atoms with Crippen LogP contribution in [0, 0.1) is 0 Å². The van der Waals surface area contributed by atoms with Gasteiger partial charge in [-0.05, 0) is 42.5 Å². The fourth-order valence-corrected chi connectivity index (χ4v) is 2.85. The maximum atomic E-state index is 12.5. The molecule has 0 aliphatic carbocycles. The SMILES string of the molecule is O=C(Nc1ccccc1-c1cc2ccccc2[nH]1)c1ccc(O)cc1. The Balaban J connectivity index is 1.69. The molecule has 4 heteroatoms. The summed E-state index contributed by atoms with van der Waals surface area (Å²) in [6, 6.07) is 24.0. The summed E-state index contributed by atoms with van der Waals surface area (Å²) in [5, 5.41) is 13.4. The molecule has 0 saturated carbocycles. The largest absolute Gasteiger partial charge is 0.508 e. The van der Waals surface area contributed by atoms with Gasteiger partial charge >= 0.3 is 0 Å². The molecule has 0 aliphatic rings. The summed E-state index contributed by atoms with van der Waals surface area (Å²) in [4.78, 5) is 15.9. The van der Waals surface area contributed by atoms with Gasteiger partial charge in [0.2, 0.25) is 0 Å². The number of amides is 1. The zero-order valence-corrected chi connectivity index (χ0v) is 13.4. The van der Waals surface area contributed by atoms with E-state index in [1.54, 1.807) is 12.1 Å². The van der Waals surface area contributed by atoms with Gasteiger partial charge in [0, 0.05) is 27.7 Å². The predicted octanol–water partition coefficient (Wildman–Crippen LogP) is 4.79. The minimum absolute atomic E-state index is 0.134. The van der Waals surface area contributed by atoms with Crippen molar-refractivity contribution in [3.63, 3.8) is 0 Å². The fraction of sp³-hybridized carbons (Fsp3) is 0. The Labute approximate surface area is 144 Å². The average Bonchev–Trinajstić information content (AvgIpc) is 3.06. The zero-order chi connectivity index (χ0) is 17.2. The molecule has 4 rings (SSSR count). The van der Waals surface area contributed by atoms with Crippen LogP contribution in [-0.4, -0.2) is 16.0 Å². The van der Waals surface area contributed by atoms with Gasteiger partial charge in [0.1, 0.15) is 5.75 Å². The van der Waals surface area contributed by atoms with Crippen molar-refractivity contribution in [2.45, 2.75) is 0 Å². The summed E-state index contributed by atoms with van der Waals surface area (Å²) in [5.41, 5.74) is 4.14. The smallest absolute Gasteiger partial charge is 0.255 e. The Morgan fingerprint density at radius 3 is 2.40 bits per heavy atom. The summed E-state index contributed by atoms with van der Waals surface area (Å²) in [5.74, 6) is -0.0846. The number of para-hydroxylation sites is 2. The molecular weight excluding hydrogens is 312 g/mol. The lowest BCUT2D eigenvalue weighted by molar-refractivity contribution is 0.102. The first-order chi connectivity index (χ1) is 12.2. The summed E-state index contributed by atoms with van der Waals surface area (Å²) < 4.78 is 0. The van der Waals surface area contributed by atoms with E-state index in [4.69, 9.17) is 0 Å². The highest BCUT2D eigenvalue weighted by atomic mass is 16.3. The van der Waals surface area contributed by atoms with Crippen LogP contribution >= 0.6 is 0 Å². The Hall–Kier alpha value is -3.53. The normalized spacial score (nSPS) is 10.7. The number of hydrogen-bond donors (Lipinski definition) is 3. The molecule has 1 amide bonds. The summed E-state index contributed by atoms with van der Waals surface area (Å²) in [6.07, 6.45) is 0. The highest BCUT2D eigenvalue weighted by Gasteiger charge is 2.11. The molecule has 0 spiro atoms. The van der Waals surface area contributed by atoms with Crippen molar-refractivity contribution >= 4 is 22.5 Å². The molecule has 0 unspecified atom stereocenters. The molecule has 4 aromatic rings. The van der Waals surface area contributed by atoms with Crippen LogP contribution in [0.15, 0.2) is 78.9 Å². The lowest BCUT2D eigenvalue weighted by Gasteiger charge is -2.10. The number of phenols is 1. The lowest BCUT2D eigenvalue weighted by atomic mass is 10.1. The Kier molecular flexibility index (Phi) is 3.71. The standard InChI is InChI=1S/C21H16N2O2/c24-16-11-9-14(10-12-16)21(25)23-19-8-4-2-6-17(19)20-13-15-5-1-3-7-18(15)22-20/h1-13,22,24H,(H,23,25). The molecule has 0 aliphatic heterocycles. The molecule has 3 aromatic carbocycles. The van der Waals surface area contributed by atoms with Crippen LogP contribution < -0.4 is 5.32 Å². The first kappa shape index (κ1) is 15.0. The number of anilines is 1. The second-order valence-electron chi connectivity index (χ2n) is 5.82. The van der Waals surface area contributed by atoms with Crippen LogP contribution in [0.5, 0.6) is 5.75 Å².